The number of morpholine rings is 1. The predicted molar refractivity (Wildman–Crippen MR) is 95.3 cm³/mol. The minimum Gasteiger partial charge on any atom is -0.374 e. The number of ether oxygens (including phenoxy) is 1. The second-order valence-electron chi connectivity index (χ2n) is 6.72. The Labute approximate surface area is 143 Å². The monoisotopic (exact) mass is 327 g/mol. The highest BCUT2D eigenvalue weighted by Crippen LogP contribution is 2.21. The molecule has 2 aromatic rings. The molecule has 0 N–H and O–H groups in total. The predicted octanol–water partition coefficient (Wildman–Crippen LogP) is 2.34. The van der Waals surface area contributed by atoms with Gasteiger partial charge in [0.15, 0.2) is 0 Å². The third kappa shape index (κ3) is 3.74. The van der Waals surface area contributed by atoms with Crippen molar-refractivity contribution in [1.82, 2.24) is 14.8 Å². The summed E-state index contributed by atoms with van der Waals surface area (Å²) in [5.74, 6) is 0.0751. The van der Waals surface area contributed by atoms with Gasteiger partial charge in [-0.25, -0.2) is 0 Å². The second kappa shape index (κ2) is 7.28. The van der Waals surface area contributed by atoms with Crippen LogP contribution >= 0.6 is 0 Å². The number of carbonyl (C=O) groups is 1. The van der Waals surface area contributed by atoms with E-state index in [1.165, 1.54) is 0 Å². The normalized spacial score (nSPS) is 18.3. The van der Waals surface area contributed by atoms with Gasteiger partial charge in [-0.2, -0.15) is 0 Å². The summed E-state index contributed by atoms with van der Waals surface area (Å²) >= 11 is 0. The molecule has 1 fully saturated rings. The van der Waals surface area contributed by atoms with Gasteiger partial charge < -0.3 is 14.5 Å². The lowest BCUT2D eigenvalue weighted by atomic mass is 10.0. The minimum absolute atomic E-state index is 0.0751. The fourth-order valence-corrected chi connectivity index (χ4v) is 3.10. The van der Waals surface area contributed by atoms with Crippen LogP contribution in [0, 0.1) is 6.92 Å². The lowest BCUT2D eigenvalue weighted by molar-refractivity contribution is -0.0269. The fraction of sp³-hybridized carbons (Fsp3) is 0.474. The molecule has 2 heterocycles. The molecule has 1 unspecified atom stereocenters. The van der Waals surface area contributed by atoms with Gasteiger partial charge in [0.25, 0.3) is 5.91 Å². The molecule has 0 spiro atoms. The molecule has 128 valence electrons. The first kappa shape index (κ1) is 16.9. The quantitative estimate of drug-likeness (QED) is 0.865. The Hall–Kier alpha value is -1.98. The van der Waals surface area contributed by atoms with E-state index in [0.717, 1.165) is 35.0 Å². The van der Waals surface area contributed by atoms with Gasteiger partial charge in [-0.3, -0.25) is 9.78 Å². The molecule has 5 nitrogen and oxygen atoms in total. The molecule has 1 aromatic carbocycles. The van der Waals surface area contributed by atoms with Crippen molar-refractivity contribution in [1.29, 1.82) is 0 Å². The molecule has 1 amide bonds. The maximum Gasteiger partial charge on any atom is 0.254 e. The van der Waals surface area contributed by atoms with Gasteiger partial charge in [-0.15, -0.1) is 0 Å². The number of amides is 1. The van der Waals surface area contributed by atoms with E-state index in [2.05, 4.69) is 24.0 Å². The molecule has 3 rings (SSSR count). The average molecular weight is 327 g/mol. The molecule has 1 aromatic heterocycles. The van der Waals surface area contributed by atoms with Crippen molar-refractivity contribution in [2.45, 2.75) is 19.4 Å². The largest absolute Gasteiger partial charge is 0.374 e. The Morgan fingerprint density at radius 1 is 1.38 bits per heavy atom. The van der Waals surface area contributed by atoms with Crippen LogP contribution in [0.15, 0.2) is 30.5 Å². The molecular formula is C19H25N3O2. The number of rotatable bonds is 4. The molecule has 1 aliphatic heterocycles. The summed E-state index contributed by atoms with van der Waals surface area (Å²) in [5, 5.41) is 0.929. The van der Waals surface area contributed by atoms with Gasteiger partial charge in [0.05, 0.1) is 23.8 Å². The van der Waals surface area contributed by atoms with Gasteiger partial charge in [0, 0.05) is 31.2 Å². The van der Waals surface area contributed by atoms with E-state index in [-0.39, 0.29) is 12.0 Å². The number of aromatic nitrogens is 1. The molecule has 24 heavy (non-hydrogen) atoms. The summed E-state index contributed by atoms with van der Waals surface area (Å²) < 4.78 is 5.82. The van der Waals surface area contributed by atoms with Gasteiger partial charge in [-0.05, 0) is 45.6 Å². The van der Waals surface area contributed by atoms with Crippen molar-refractivity contribution < 1.29 is 9.53 Å². The number of nitrogens with zero attached hydrogens (tertiary/aromatic N) is 3. The van der Waals surface area contributed by atoms with Gasteiger partial charge >= 0.3 is 0 Å². The van der Waals surface area contributed by atoms with Crippen molar-refractivity contribution in [3.8, 4) is 0 Å². The van der Waals surface area contributed by atoms with E-state index in [1.807, 2.05) is 36.1 Å². The van der Waals surface area contributed by atoms with Crippen molar-refractivity contribution in [2.24, 2.45) is 0 Å². The first-order chi connectivity index (χ1) is 11.5. The van der Waals surface area contributed by atoms with E-state index < -0.39 is 0 Å². The van der Waals surface area contributed by atoms with Crippen molar-refractivity contribution in [3.05, 3.63) is 41.6 Å². The zero-order valence-corrected chi connectivity index (χ0v) is 14.7. The number of hydrogen-bond acceptors (Lipinski definition) is 4. The summed E-state index contributed by atoms with van der Waals surface area (Å²) in [4.78, 5) is 21.5. The molecule has 5 heteroatoms. The van der Waals surface area contributed by atoms with E-state index >= 15 is 0 Å². The van der Waals surface area contributed by atoms with E-state index in [9.17, 15) is 4.79 Å². The number of aryl methyl sites for hydroxylation is 1. The van der Waals surface area contributed by atoms with Gasteiger partial charge in [0.2, 0.25) is 0 Å². The van der Waals surface area contributed by atoms with Crippen molar-refractivity contribution in [2.75, 3.05) is 40.3 Å². The third-order valence-corrected chi connectivity index (χ3v) is 4.45. The van der Waals surface area contributed by atoms with Crippen LogP contribution < -0.4 is 0 Å². The highest BCUT2D eigenvalue weighted by molar-refractivity contribution is 6.06. The van der Waals surface area contributed by atoms with Crippen LogP contribution in [0.2, 0.25) is 0 Å². The maximum absolute atomic E-state index is 13.0. The maximum atomic E-state index is 13.0. The number of carbonyl (C=O) groups excluding carboxylic acids is 1. The molecular weight excluding hydrogens is 302 g/mol. The van der Waals surface area contributed by atoms with E-state index in [1.54, 1.807) is 6.20 Å². The Morgan fingerprint density at radius 2 is 2.21 bits per heavy atom. The van der Waals surface area contributed by atoms with Crippen LogP contribution in [0.1, 0.15) is 22.3 Å². The SMILES string of the molecule is Cc1ccc2nccc(C(=O)N3CCOC(CCN(C)C)C3)c2c1. The fourth-order valence-electron chi connectivity index (χ4n) is 3.10. The van der Waals surface area contributed by atoms with Crippen molar-refractivity contribution >= 4 is 16.8 Å². The number of hydrogen-bond donors (Lipinski definition) is 0. The summed E-state index contributed by atoms with van der Waals surface area (Å²) in [6, 6.07) is 7.87. The molecule has 0 bridgehead atoms. The highest BCUT2D eigenvalue weighted by atomic mass is 16.5. The number of pyridine rings is 1. The Balaban J connectivity index is 1.80. The van der Waals surface area contributed by atoms with Crippen LogP contribution in [0.3, 0.4) is 0 Å². The van der Waals surface area contributed by atoms with Crippen LogP contribution in [0.4, 0.5) is 0 Å². The smallest absolute Gasteiger partial charge is 0.254 e. The Morgan fingerprint density at radius 3 is 3.00 bits per heavy atom. The lowest BCUT2D eigenvalue weighted by Crippen LogP contribution is -2.46. The first-order valence-corrected chi connectivity index (χ1v) is 8.45. The van der Waals surface area contributed by atoms with Crippen molar-refractivity contribution in [3.63, 3.8) is 0 Å². The summed E-state index contributed by atoms with van der Waals surface area (Å²) in [6.07, 6.45) is 2.77. The molecule has 0 radical (unpaired) electrons. The van der Waals surface area contributed by atoms with E-state index in [4.69, 9.17) is 4.74 Å². The van der Waals surface area contributed by atoms with Crippen LogP contribution in [0.25, 0.3) is 10.9 Å². The van der Waals surface area contributed by atoms with Crippen LogP contribution in [-0.4, -0.2) is 67.1 Å². The summed E-state index contributed by atoms with van der Waals surface area (Å²) in [5.41, 5.74) is 2.73. The van der Waals surface area contributed by atoms with Gasteiger partial charge in [0.1, 0.15) is 0 Å². The number of benzene rings is 1. The average Bonchev–Trinajstić information content (AvgIpc) is 2.59. The molecule has 0 saturated carbocycles. The van der Waals surface area contributed by atoms with Crippen LogP contribution in [-0.2, 0) is 4.74 Å². The lowest BCUT2D eigenvalue weighted by Gasteiger charge is -2.33. The summed E-state index contributed by atoms with van der Waals surface area (Å²) in [7, 11) is 4.11. The van der Waals surface area contributed by atoms with Crippen LogP contribution in [0.5, 0.6) is 0 Å². The zero-order valence-electron chi connectivity index (χ0n) is 14.7. The Kier molecular flexibility index (Phi) is 5.11. The molecule has 1 atom stereocenters. The van der Waals surface area contributed by atoms with Gasteiger partial charge in [-0.1, -0.05) is 11.6 Å². The topological polar surface area (TPSA) is 45.7 Å². The molecule has 1 aliphatic rings. The third-order valence-electron chi connectivity index (χ3n) is 4.45. The second-order valence-corrected chi connectivity index (χ2v) is 6.72. The highest BCUT2D eigenvalue weighted by Gasteiger charge is 2.26. The first-order valence-electron chi connectivity index (χ1n) is 8.45. The summed E-state index contributed by atoms with van der Waals surface area (Å²) in [6.45, 7) is 4.90. The standard InChI is InChI=1S/C19H25N3O2/c1-14-4-5-18-17(12-14)16(6-8-20-18)19(23)22-10-11-24-15(13-22)7-9-21(2)3/h4-6,8,12,15H,7,9-11,13H2,1-3H3. The number of fused-ring (bicyclic) bond motifs is 1. The van der Waals surface area contributed by atoms with E-state index in [0.29, 0.717) is 19.7 Å². The molecule has 1 saturated heterocycles. The zero-order chi connectivity index (χ0) is 17.1. The minimum atomic E-state index is 0.0751. The molecule has 0 aliphatic carbocycles. The Bertz CT molecular complexity index is 730.